The van der Waals surface area contributed by atoms with E-state index in [0.29, 0.717) is 59.3 Å². The molecule has 3 aliphatic rings. The summed E-state index contributed by atoms with van der Waals surface area (Å²) >= 11 is 0. The summed E-state index contributed by atoms with van der Waals surface area (Å²) < 4.78 is 264. The molecule has 0 aromatic carbocycles. The van der Waals surface area contributed by atoms with E-state index >= 15 is 0 Å². The number of likely N-dealkylation sites (tertiary alicyclic amines) is 3. The molecule has 3 fully saturated rings. The first-order chi connectivity index (χ1) is 41.3. The molecular weight excluding hydrogens is 438 g/mol. The highest BCUT2D eigenvalue weighted by molar-refractivity contribution is 4.95. The fourth-order valence-electron chi connectivity index (χ4n) is 8.05. The van der Waals surface area contributed by atoms with Crippen LogP contribution in [-0.2, 0) is 0 Å². The van der Waals surface area contributed by atoms with Gasteiger partial charge < -0.3 is 4.90 Å². The molecule has 0 radical (unpaired) electrons. The van der Waals surface area contributed by atoms with Crippen LogP contribution >= 0.6 is 0 Å². The Balaban J connectivity index is -0.0000000232. The van der Waals surface area contributed by atoms with Crippen molar-refractivity contribution in [2.24, 2.45) is 34.5 Å². The van der Waals surface area contributed by atoms with E-state index in [9.17, 15) is 0 Å². The molecular formula is C33H117N3. The molecule has 12 atom stereocenters. The standard InChI is InChI=1S/3C11H23N.24H2/c1-8-7-12(6)9(2)10(8)11(3,4)5;1-8-7-9(2)12(6)10(8)11(3,4)5;1-8-7-9(2)12(10(8)3)11(4,5)6;;;;;;;;;;;;;;;;;;;;;;;;/h3*8-10H,7H2,1-6H3;24*1H/i3*7D;24*1+1D. The molecule has 0 N–H and O–H groups in total. The zero-order valence-electron chi connectivity index (χ0n) is 78.8. The molecule has 3 heterocycles. The summed E-state index contributed by atoms with van der Waals surface area (Å²) in [6, 6.07) is 2.42. The Hall–Kier alpha value is -0.120. The molecule has 0 aromatic rings. The van der Waals surface area contributed by atoms with Crippen LogP contribution in [0.5, 0.6) is 0 Å². The van der Waals surface area contributed by atoms with Crippen LogP contribution in [0.4, 0.5) is 0 Å². The van der Waals surface area contributed by atoms with Crippen molar-refractivity contribution < 1.29 is 75.4 Å². The lowest BCUT2D eigenvalue weighted by Gasteiger charge is -2.39. The van der Waals surface area contributed by atoms with Gasteiger partial charge in [0.25, 0.3) is 0 Å². The summed E-state index contributed by atoms with van der Waals surface area (Å²) in [5.41, 5.74) is 0.810. The van der Waals surface area contributed by atoms with Crippen molar-refractivity contribution in [1.29, 1.82) is 0 Å². The zero-order valence-corrected chi connectivity index (χ0v) is 27.8. The average molecular weight is 608 g/mol. The minimum atomic E-state index is -0.0146. The maximum atomic E-state index is 8.04. The first-order valence-electron chi connectivity index (χ1n) is 40.5. The summed E-state index contributed by atoms with van der Waals surface area (Å²) in [6.07, 6.45) is 0.156. The maximum absolute atomic E-state index is 8.04. The fraction of sp³-hybridized carbons (Fsp3) is 1.00. The molecule has 3 aliphatic heterocycles. The first-order valence-corrected chi connectivity index (χ1v) is 14.8. The van der Waals surface area contributed by atoms with E-state index in [2.05, 4.69) is 140 Å². The molecule has 36 heavy (non-hydrogen) atoms. The third-order valence-corrected chi connectivity index (χ3v) is 9.24. The van der Waals surface area contributed by atoms with Gasteiger partial charge in [-0.1, -0.05) is 62.3 Å². The zero-order chi connectivity index (χ0) is 79.2. The molecule has 0 spiro atoms. The van der Waals surface area contributed by atoms with Crippen LogP contribution in [0.3, 0.4) is 0 Å². The average Bonchev–Trinajstić information content (AvgIpc) is 4.04. The highest BCUT2D eigenvalue weighted by atomic mass is 15.3. The molecule has 0 aromatic heterocycles. The monoisotopic (exact) mass is 607 g/mol. The highest BCUT2D eigenvalue weighted by Crippen LogP contribution is 2.41. The molecule has 3 heteroatoms. The number of nitrogens with zero attached hydrogens (tertiary/aromatic N) is 3. The van der Waals surface area contributed by atoms with Crippen molar-refractivity contribution in [2.45, 2.75) is 159 Å². The van der Waals surface area contributed by atoms with Gasteiger partial charge in [-0.3, -0.25) is 9.80 Å². The third kappa shape index (κ3) is 8.44. The van der Waals surface area contributed by atoms with Gasteiger partial charge in [0.1, 0.15) is 0 Å². The van der Waals surface area contributed by atoms with E-state index in [0.717, 1.165) is 0 Å². The lowest BCUT2D eigenvalue weighted by atomic mass is 9.72. The third-order valence-electron chi connectivity index (χ3n) is 9.24. The quantitative estimate of drug-likeness (QED) is 0.271. The Kier molecular flexibility index (Phi) is 3.80. The second kappa shape index (κ2) is 12.4. The van der Waals surface area contributed by atoms with Crippen molar-refractivity contribution in [3.8, 4) is 0 Å². The van der Waals surface area contributed by atoms with Gasteiger partial charge in [0, 0.05) is 118 Å². The van der Waals surface area contributed by atoms with Crippen LogP contribution < -0.4 is 0 Å². The SMILES string of the molecule is [2H]C1C(C)C(C(C)(C)C)C(C)N1C.[2H]C1C(C)C(C(C)(C)C)N(C)C1C.[2H]C1C(C)C(C)N(C(C)(C)C)C1C.[2H][2H].[2H][2H].[2H][2H].[2H][2H].[2H][2H].[2H][2H].[2H][2H].[2H][2H].[2H][2H].[2H][2H].[2H][2H].[2H][2H].[2H][2H].[2H][2H].[2H][2H].[2H][2H].[2H][2H].[2H][2H].[2H][2H].[2H][2H].[2H][2H].[2H][2H].[2H][2H].[2H][2H]. The topological polar surface area (TPSA) is 9.72 Å². The van der Waals surface area contributed by atoms with Crippen LogP contribution in [0.2, 0.25) is 0 Å². The molecule has 3 rings (SSSR count). The molecule has 0 aliphatic carbocycles. The maximum Gasteiger partial charge on any atom is 0.0433 e. The minimum absolute atomic E-state index is 0.0146. The van der Waals surface area contributed by atoms with Gasteiger partial charge in [-0.05, 0) is 110 Å². The van der Waals surface area contributed by atoms with E-state index in [-0.39, 0.29) is 30.3 Å². The van der Waals surface area contributed by atoms with E-state index in [1.807, 2.05) is 0 Å². The van der Waals surface area contributed by atoms with Gasteiger partial charge in [-0.2, -0.15) is 0 Å². The molecule has 264 valence electrons. The van der Waals surface area contributed by atoms with Gasteiger partial charge >= 0.3 is 0 Å². The van der Waals surface area contributed by atoms with Crippen molar-refractivity contribution >= 4 is 0 Å². The summed E-state index contributed by atoms with van der Waals surface area (Å²) in [5.74, 6) is 2.11. The Morgan fingerprint density at radius 3 is 1.31 bits per heavy atom. The van der Waals surface area contributed by atoms with Gasteiger partial charge in [0.05, 0.1) is 0 Å². The largest absolute Gasteiger partial charge is 0.303 e. The summed E-state index contributed by atoms with van der Waals surface area (Å²) in [4.78, 5) is 7.05. The van der Waals surface area contributed by atoms with E-state index in [1.54, 1.807) is 0 Å². The Labute approximate surface area is 307 Å². The van der Waals surface area contributed by atoms with Gasteiger partial charge in [-0.15, -0.1) is 0 Å². The normalized spacial score (nSPS) is 51.7. The molecule has 0 saturated carbocycles. The van der Waals surface area contributed by atoms with E-state index < -0.39 is 0 Å². The lowest BCUT2D eigenvalue weighted by Crippen LogP contribution is -2.47. The van der Waals surface area contributed by atoms with E-state index in [4.69, 9.17) is 75.4 Å². The van der Waals surface area contributed by atoms with Crippen molar-refractivity contribution in [3.05, 3.63) is 0 Å². The van der Waals surface area contributed by atoms with Gasteiger partial charge in [0.2, 0.25) is 0 Å². The molecule has 0 amide bonds. The van der Waals surface area contributed by atoms with Gasteiger partial charge in [0.15, 0.2) is 0 Å². The second-order valence-corrected chi connectivity index (χ2v) is 15.7. The fourth-order valence-corrected chi connectivity index (χ4v) is 8.05. The minimum Gasteiger partial charge on any atom is -0.303 e. The number of rotatable bonds is 0. The van der Waals surface area contributed by atoms with E-state index in [1.165, 1.54) is 0 Å². The highest BCUT2D eigenvalue weighted by Gasteiger charge is 2.42. The first kappa shape index (κ1) is 11.0. The van der Waals surface area contributed by atoms with Crippen LogP contribution in [0.15, 0.2) is 0 Å². The Bertz CT molecular complexity index is 683. The summed E-state index contributed by atoms with van der Waals surface area (Å²) in [5, 5.41) is 0. The molecule has 3 nitrogen and oxygen atoms in total. The number of hydrogen-bond donors (Lipinski definition) is 0. The Morgan fingerprint density at radius 2 is 1.14 bits per heavy atom. The molecule has 3 saturated heterocycles. The summed E-state index contributed by atoms with van der Waals surface area (Å²) in [7, 11) is 4.23. The number of hydrogen-bond acceptors (Lipinski definition) is 3. The predicted molar refractivity (Wildman–Crippen MR) is 213 cm³/mol. The molecule has 0 bridgehead atoms. The smallest absolute Gasteiger partial charge is 0.0433 e. The van der Waals surface area contributed by atoms with Crippen molar-refractivity contribution in [1.82, 2.24) is 14.7 Å². The molecule has 12 unspecified atom stereocenters. The van der Waals surface area contributed by atoms with Crippen LogP contribution in [-0.4, -0.2) is 71.1 Å². The predicted octanol–water partition coefficient (Wildman–Crippen LogP) is 14.2. The van der Waals surface area contributed by atoms with Crippen LogP contribution in [0, 0.1) is 34.5 Å². The van der Waals surface area contributed by atoms with Crippen molar-refractivity contribution in [2.75, 3.05) is 20.6 Å². The van der Waals surface area contributed by atoms with Crippen molar-refractivity contribution in [3.63, 3.8) is 0 Å². The van der Waals surface area contributed by atoms with Crippen LogP contribution in [0.25, 0.3) is 0 Å². The van der Waals surface area contributed by atoms with Gasteiger partial charge in [-0.25, -0.2) is 0 Å². The Morgan fingerprint density at radius 1 is 0.667 bits per heavy atom. The second-order valence-electron chi connectivity index (χ2n) is 15.7. The summed E-state index contributed by atoms with van der Waals surface area (Å²) in [6.45, 7) is 35.9. The lowest BCUT2D eigenvalue weighted by molar-refractivity contribution is 0.0845. The van der Waals surface area contributed by atoms with Crippen LogP contribution in [0.1, 0.15) is 199 Å².